The van der Waals surface area contributed by atoms with E-state index in [9.17, 15) is 0 Å². The van der Waals surface area contributed by atoms with Gasteiger partial charge in [0.1, 0.15) is 0 Å². The average molecular weight is 255 g/mol. The van der Waals surface area contributed by atoms with Crippen molar-refractivity contribution in [1.82, 2.24) is 9.80 Å². The Morgan fingerprint density at radius 2 is 1.56 bits per heavy atom. The molecule has 0 aliphatic carbocycles. The molecule has 0 amide bonds. The molecule has 1 saturated heterocycles. The van der Waals surface area contributed by atoms with Crippen LogP contribution >= 0.6 is 0 Å². The average Bonchev–Trinajstić information content (AvgIpc) is 2.34. The van der Waals surface area contributed by atoms with E-state index in [-0.39, 0.29) is 0 Å². The quantitative estimate of drug-likeness (QED) is 0.817. The highest BCUT2D eigenvalue weighted by atomic mass is 15.3. The van der Waals surface area contributed by atoms with Gasteiger partial charge in [0.05, 0.1) is 0 Å². The molecule has 0 aromatic heterocycles. The van der Waals surface area contributed by atoms with Gasteiger partial charge < -0.3 is 5.73 Å². The third kappa shape index (κ3) is 4.87. The summed E-state index contributed by atoms with van der Waals surface area (Å²) < 4.78 is 0. The Morgan fingerprint density at radius 1 is 1.06 bits per heavy atom. The summed E-state index contributed by atoms with van der Waals surface area (Å²) in [6.07, 6.45) is 2.45. The fraction of sp³-hybridized carbons (Fsp3) is 1.00. The highest BCUT2D eigenvalue weighted by Gasteiger charge is 2.27. The van der Waals surface area contributed by atoms with Crippen molar-refractivity contribution < 1.29 is 0 Å². The summed E-state index contributed by atoms with van der Waals surface area (Å²) in [6.45, 7) is 17.1. The molecule has 2 atom stereocenters. The zero-order valence-corrected chi connectivity index (χ0v) is 13.1. The van der Waals surface area contributed by atoms with E-state index in [1.54, 1.807) is 0 Å². The maximum atomic E-state index is 5.98. The lowest BCUT2D eigenvalue weighted by Crippen LogP contribution is -2.54. The minimum atomic E-state index is 0.373. The summed E-state index contributed by atoms with van der Waals surface area (Å²) in [6, 6.07) is 1.29. The molecule has 1 heterocycles. The van der Waals surface area contributed by atoms with Gasteiger partial charge in [0.2, 0.25) is 0 Å². The molecule has 0 spiro atoms. The first-order valence-corrected chi connectivity index (χ1v) is 7.55. The molecule has 0 saturated carbocycles. The van der Waals surface area contributed by atoms with Crippen LogP contribution in [0.15, 0.2) is 0 Å². The third-order valence-corrected chi connectivity index (χ3v) is 4.20. The first-order valence-electron chi connectivity index (χ1n) is 7.55. The molecule has 0 aromatic rings. The van der Waals surface area contributed by atoms with Crippen LogP contribution in [0.25, 0.3) is 0 Å². The summed E-state index contributed by atoms with van der Waals surface area (Å²) in [5, 5.41) is 0. The van der Waals surface area contributed by atoms with Crippen molar-refractivity contribution >= 4 is 0 Å². The Morgan fingerprint density at radius 3 is 1.94 bits per heavy atom. The van der Waals surface area contributed by atoms with E-state index in [0.29, 0.717) is 11.5 Å². The van der Waals surface area contributed by atoms with Gasteiger partial charge in [-0.25, -0.2) is 0 Å². The Kier molecular flexibility index (Phi) is 6.09. The zero-order valence-electron chi connectivity index (χ0n) is 13.1. The topological polar surface area (TPSA) is 32.5 Å². The monoisotopic (exact) mass is 255 g/mol. The molecule has 18 heavy (non-hydrogen) atoms. The van der Waals surface area contributed by atoms with Crippen LogP contribution in [-0.4, -0.2) is 54.6 Å². The molecule has 2 N–H and O–H groups in total. The summed E-state index contributed by atoms with van der Waals surface area (Å²) in [5.74, 6) is 0. The second-order valence-corrected chi connectivity index (χ2v) is 6.98. The van der Waals surface area contributed by atoms with Crippen LogP contribution in [-0.2, 0) is 0 Å². The third-order valence-electron chi connectivity index (χ3n) is 4.20. The molecule has 1 rings (SSSR count). The summed E-state index contributed by atoms with van der Waals surface area (Å²) in [5.41, 5.74) is 6.35. The van der Waals surface area contributed by atoms with Gasteiger partial charge in [-0.05, 0) is 25.2 Å². The number of piperazine rings is 1. The fourth-order valence-corrected chi connectivity index (χ4v) is 2.87. The molecule has 2 unspecified atom stereocenters. The Labute approximate surface area is 114 Å². The number of rotatable bonds is 5. The second kappa shape index (κ2) is 6.88. The van der Waals surface area contributed by atoms with E-state index in [0.717, 1.165) is 12.6 Å². The van der Waals surface area contributed by atoms with Gasteiger partial charge in [0.25, 0.3) is 0 Å². The lowest BCUT2D eigenvalue weighted by atomic mass is 9.87. The molecule has 3 heteroatoms. The van der Waals surface area contributed by atoms with Crippen LogP contribution in [0, 0.1) is 5.41 Å². The van der Waals surface area contributed by atoms with Crippen molar-refractivity contribution in [3.63, 3.8) is 0 Å². The number of hydrogen-bond acceptors (Lipinski definition) is 3. The smallest absolute Gasteiger partial charge is 0.0224 e. The van der Waals surface area contributed by atoms with Gasteiger partial charge in [-0.15, -0.1) is 0 Å². The largest absolute Gasteiger partial charge is 0.329 e. The predicted octanol–water partition coefficient (Wildman–Crippen LogP) is 2.17. The molecule has 108 valence electrons. The van der Waals surface area contributed by atoms with Gasteiger partial charge in [0.15, 0.2) is 0 Å². The number of nitrogens with zero attached hydrogens (tertiary/aromatic N) is 2. The van der Waals surface area contributed by atoms with Gasteiger partial charge in [0, 0.05) is 44.8 Å². The highest BCUT2D eigenvalue weighted by Crippen LogP contribution is 2.24. The zero-order chi connectivity index (χ0) is 13.8. The minimum absolute atomic E-state index is 0.373. The second-order valence-electron chi connectivity index (χ2n) is 6.98. The number of hydrogen-bond donors (Lipinski definition) is 1. The van der Waals surface area contributed by atoms with E-state index in [4.69, 9.17) is 5.73 Å². The molecule has 1 aliphatic rings. The van der Waals surface area contributed by atoms with Crippen molar-refractivity contribution in [2.24, 2.45) is 11.1 Å². The van der Waals surface area contributed by atoms with E-state index >= 15 is 0 Å². The number of nitrogens with two attached hydrogens (primary N) is 1. The molecular formula is C15H33N3. The first kappa shape index (κ1) is 15.9. The van der Waals surface area contributed by atoms with E-state index in [1.807, 2.05) is 0 Å². The minimum Gasteiger partial charge on any atom is -0.329 e. The van der Waals surface area contributed by atoms with Crippen molar-refractivity contribution in [1.29, 1.82) is 0 Å². The van der Waals surface area contributed by atoms with E-state index in [2.05, 4.69) is 44.4 Å². The molecule has 1 aliphatic heterocycles. The Balaban J connectivity index is 2.45. The molecule has 1 fully saturated rings. The molecule has 0 radical (unpaired) electrons. The van der Waals surface area contributed by atoms with Crippen molar-refractivity contribution in [3.8, 4) is 0 Å². The molecule has 0 aromatic carbocycles. The SMILES string of the molecule is CCC(C)N1CCN(C(CN)CC(C)(C)C)CC1. The lowest BCUT2D eigenvalue weighted by molar-refractivity contribution is 0.0607. The van der Waals surface area contributed by atoms with Crippen LogP contribution < -0.4 is 5.73 Å². The van der Waals surface area contributed by atoms with Crippen molar-refractivity contribution in [2.75, 3.05) is 32.7 Å². The van der Waals surface area contributed by atoms with Crippen LogP contribution in [0.2, 0.25) is 0 Å². The van der Waals surface area contributed by atoms with E-state index < -0.39 is 0 Å². The van der Waals surface area contributed by atoms with E-state index in [1.165, 1.54) is 39.0 Å². The van der Waals surface area contributed by atoms with Gasteiger partial charge in [-0.1, -0.05) is 27.7 Å². The molecule has 3 nitrogen and oxygen atoms in total. The van der Waals surface area contributed by atoms with Crippen LogP contribution in [0.1, 0.15) is 47.5 Å². The fourth-order valence-electron chi connectivity index (χ4n) is 2.87. The van der Waals surface area contributed by atoms with Gasteiger partial charge in [-0.2, -0.15) is 0 Å². The van der Waals surface area contributed by atoms with Crippen LogP contribution in [0.5, 0.6) is 0 Å². The molecular weight excluding hydrogens is 222 g/mol. The summed E-state index contributed by atoms with van der Waals surface area (Å²) in [7, 11) is 0. The Bertz CT molecular complexity index is 226. The van der Waals surface area contributed by atoms with Crippen LogP contribution in [0.3, 0.4) is 0 Å². The molecule has 0 bridgehead atoms. The lowest BCUT2D eigenvalue weighted by Gasteiger charge is -2.42. The van der Waals surface area contributed by atoms with Gasteiger partial charge in [-0.3, -0.25) is 9.80 Å². The van der Waals surface area contributed by atoms with Gasteiger partial charge >= 0.3 is 0 Å². The summed E-state index contributed by atoms with van der Waals surface area (Å²) >= 11 is 0. The maximum Gasteiger partial charge on any atom is 0.0224 e. The highest BCUT2D eigenvalue weighted by molar-refractivity contribution is 4.83. The normalized spacial score (nSPS) is 23.0. The van der Waals surface area contributed by atoms with Crippen molar-refractivity contribution in [2.45, 2.75) is 59.5 Å². The predicted molar refractivity (Wildman–Crippen MR) is 79.8 cm³/mol. The van der Waals surface area contributed by atoms with Crippen LogP contribution in [0.4, 0.5) is 0 Å². The standard InChI is InChI=1S/C15H33N3/c1-6-13(2)17-7-9-18(10-8-17)14(12-16)11-15(3,4)5/h13-14H,6-12,16H2,1-5H3. The maximum absolute atomic E-state index is 5.98. The summed E-state index contributed by atoms with van der Waals surface area (Å²) in [4.78, 5) is 5.21. The van der Waals surface area contributed by atoms with Crippen molar-refractivity contribution in [3.05, 3.63) is 0 Å². The Hall–Kier alpha value is -0.120. The first-order chi connectivity index (χ1) is 8.37.